The Hall–Kier alpha value is -3.34. The third-order valence-electron chi connectivity index (χ3n) is 3.23. The molecule has 0 aliphatic rings. The highest BCUT2D eigenvalue weighted by Crippen LogP contribution is 2.10. The van der Waals surface area contributed by atoms with E-state index in [1.165, 1.54) is 30.5 Å². The van der Waals surface area contributed by atoms with Crippen LogP contribution in [-0.4, -0.2) is 34.6 Å². The third-order valence-corrected chi connectivity index (χ3v) is 3.23. The van der Waals surface area contributed by atoms with Gasteiger partial charge in [0.05, 0.1) is 5.56 Å². The Bertz CT molecular complexity index is 689. The van der Waals surface area contributed by atoms with Crippen molar-refractivity contribution in [3.63, 3.8) is 0 Å². The van der Waals surface area contributed by atoms with Crippen molar-refractivity contribution in [3.05, 3.63) is 41.6 Å². The second-order valence-electron chi connectivity index (χ2n) is 5.16. The number of carboxylic acids is 2. The van der Waals surface area contributed by atoms with Crippen LogP contribution in [0, 0.1) is 11.3 Å². The van der Waals surface area contributed by atoms with Crippen molar-refractivity contribution >= 4 is 23.5 Å². The Balaban J connectivity index is 2.44. The highest BCUT2D eigenvalue weighted by atomic mass is 16.4. The zero-order chi connectivity index (χ0) is 18.7. The van der Waals surface area contributed by atoms with Crippen molar-refractivity contribution in [1.29, 1.82) is 5.26 Å². The van der Waals surface area contributed by atoms with E-state index in [4.69, 9.17) is 15.5 Å². The maximum atomic E-state index is 11.9. The summed E-state index contributed by atoms with van der Waals surface area (Å²) in [5.41, 5.74) is 0.558. The largest absolute Gasteiger partial charge is 0.481 e. The van der Waals surface area contributed by atoms with Gasteiger partial charge in [0.2, 0.25) is 0 Å². The molecule has 1 aromatic carbocycles. The Labute approximate surface area is 144 Å². The zero-order valence-corrected chi connectivity index (χ0v) is 13.5. The molecule has 4 N–H and O–H groups in total. The van der Waals surface area contributed by atoms with Gasteiger partial charge in [0.25, 0.3) is 5.91 Å². The average molecular weight is 345 g/mol. The number of amides is 1. The summed E-state index contributed by atoms with van der Waals surface area (Å²) in [4.78, 5) is 33.0. The standard InChI is InChI=1S/C17H19N3O5/c18-10-13(16(23)19-9-3-1-2-4-15(21)22)11-20-14-7-5-12(6-8-14)17(24)25/h5-8,11,20H,1-4,9H2,(H,19,23)(H,21,22)(H,24,25)/b13-11-. The van der Waals surface area contributed by atoms with Crippen LogP contribution in [0.4, 0.5) is 5.69 Å². The van der Waals surface area contributed by atoms with Crippen LogP contribution < -0.4 is 10.6 Å². The van der Waals surface area contributed by atoms with E-state index in [-0.39, 0.29) is 17.6 Å². The minimum absolute atomic E-state index is 0.0991. The number of carbonyl (C=O) groups excluding carboxylic acids is 1. The van der Waals surface area contributed by atoms with Gasteiger partial charge in [0, 0.05) is 24.9 Å². The van der Waals surface area contributed by atoms with Gasteiger partial charge < -0.3 is 20.8 Å². The van der Waals surface area contributed by atoms with Gasteiger partial charge in [0.15, 0.2) is 0 Å². The van der Waals surface area contributed by atoms with Crippen LogP contribution in [0.5, 0.6) is 0 Å². The smallest absolute Gasteiger partial charge is 0.335 e. The first-order chi connectivity index (χ1) is 11.9. The lowest BCUT2D eigenvalue weighted by atomic mass is 10.2. The lowest BCUT2D eigenvalue weighted by Crippen LogP contribution is -2.26. The highest BCUT2D eigenvalue weighted by molar-refractivity contribution is 5.97. The van der Waals surface area contributed by atoms with Crippen molar-refractivity contribution in [2.24, 2.45) is 0 Å². The molecule has 0 saturated heterocycles. The summed E-state index contributed by atoms with van der Waals surface area (Å²) in [6.07, 6.45) is 3.19. The predicted octanol–water partition coefficient (Wildman–Crippen LogP) is 1.97. The molecule has 8 heteroatoms. The second-order valence-corrected chi connectivity index (χ2v) is 5.16. The SMILES string of the molecule is N#C/C(=C/Nc1ccc(C(=O)O)cc1)C(=O)NCCCCCC(=O)O. The molecular formula is C17H19N3O5. The molecular weight excluding hydrogens is 326 g/mol. The Morgan fingerprint density at radius 1 is 1.08 bits per heavy atom. The van der Waals surface area contributed by atoms with Crippen molar-refractivity contribution in [1.82, 2.24) is 5.32 Å². The summed E-state index contributed by atoms with van der Waals surface area (Å²) in [5.74, 6) is -2.42. The second kappa shape index (κ2) is 10.4. The minimum Gasteiger partial charge on any atom is -0.481 e. The first-order valence-electron chi connectivity index (χ1n) is 7.64. The summed E-state index contributed by atoms with van der Waals surface area (Å²) in [6.45, 7) is 0.352. The molecule has 0 atom stereocenters. The van der Waals surface area contributed by atoms with E-state index in [9.17, 15) is 14.4 Å². The van der Waals surface area contributed by atoms with E-state index in [0.717, 1.165) is 0 Å². The average Bonchev–Trinajstić information content (AvgIpc) is 2.58. The van der Waals surface area contributed by atoms with Gasteiger partial charge in [-0.2, -0.15) is 5.26 Å². The first kappa shape index (κ1) is 19.7. The molecule has 1 rings (SSSR count). The van der Waals surface area contributed by atoms with Gasteiger partial charge in [-0.25, -0.2) is 4.79 Å². The van der Waals surface area contributed by atoms with Gasteiger partial charge in [-0.15, -0.1) is 0 Å². The number of hydrogen-bond donors (Lipinski definition) is 4. The number of carbonyl (C=O) groups is 3. The van der Waals surface area contributed by atoms with Crippen LogP contribution in [0.2, 0.25) is 0 Å². The fraction of sp³-hybridized carbons (Fsp3) is 0.294. The van der Waals surface area contributed by atoms with Crippen LogP contribution in [0.15, 0.2) is 36.0 Å². The van der Waals surface area contributed by atoms with Gasteiger partial charge in [-0.1, -0.05) is 6.42 Å². The number of aromatic carboxylic acids is 1. The van der Waals surface area contributed by atoms with E-state index in [1.807, 2.05) is 0 Å². The van der Waals surface area contributed by atoms with Gasteiger partial charge in [0.1, 0.15) is 11.6 Å². The van der Waals surface area contributed by atoms with E-state index in [2.05, 4.69) is 10.6 Å². The molecule has 25 heavy (non-hydrogen) atoms. The fourth-order valence-electron chi connectivity index (χ4n) is 1.89. The molecule has 0 aromatic heterocycles. The molecule has 0 bridgehead atoms. The minimum atomic E-state index is -1.04. The molecule has 0 heterocycles. The van der Waals surface area contributed by atoms with Crippen molar-refractivity contribution in [3.8, 4) is 6.07 Å². The van der Waals surface area contributed by atoms with Crippen LogP contribution in [-0.2, 0) is 9.59 Å². The number of nitrogens with zero attached hydrogens (tertiary/aromatic N) is 1. The lowest BCUT2D eigenvalue weighted by Gasteiger charge is -2.05. The van der Waals surface area contributed by atoms with E-state index < -0.39 is 17.8 Å². The lowest BCUT2D eigenvalue weighted by molar-refractivity contribution is -0.137. The maximum absolute atomic E-state index is 11.9. The van der Waals surface area contributed by atoms with Crippen molar-refractivity contribution in [2.75, 3.05) is 11.9 Å². The number of nitrogens with one attached hydrogen (secondary N) is 2. The van der Waals surface area contributed by atoms with E-state index in [1.54, 1.807) is 6.07 Å². The van der Waals surface area contributed by atoms with Crippen LogP contribution in [0.3, 0.4) is 0 Å². The highest BCUT2D eigenvalue weighted by Gasteiger charge is 2.08. The number of nitriles is 1. The molecule has 8 nitrogen and oxygen atoms in total. The maximum Gasteiger partial charge on any atom is 0.335 e. The molecule has 0 aliphatic carbocycles. The monoisotopic (exact) mass is 345 g/mol. The summed E-state index contributed by atoms with van der Waals surface area (Å²) in [6, 6.07) is 7.64. The van der Waals surface area contributed by atoms with E-state index in [0.29, 0.717) is 31.5 Å². The van der Waals surface area contributed by atoms with Gasteiger partial charge in [-0.3, -0.25) is 9.59 Å². The molecule has 1 aromatic rings. The number of carboxylic acid groups (broad SMARTS) is 2. The van der Waals surface area contributed by atoms with Crippen molar-refractivity contribution in [2.45, 2.75) is 25.7 Å². The molecule has 0 spiro atoms. The van der Waals surface area contributed by atoms with E-state index >= 15 is 0 Å². The summed E-state index contributed by atoms with van der Waals surface area (Å²) >= 11 is 0. The molecule has 0 unspecified atom stereocenters. The van der Waals surface area contributed by atoms with Crippen LogP contribution in [0.1, 0.15) is 36.0 Å². The normalized spacial score (nSPS) is 10.6. The quantitative estimate of drug-likeness (QED) is 0.289. The van der Waals surface area contributed by atoms with Crippen molar-refractivity contribution < 1.29 is 24.6 Å². The molecule has 0 saturated carbocycles. The summed E-state index contributed by atoms with van der Waals surface area (Å²) in [7, 11) is 0. The van der Waals surface area contributed by atoms with Gasteiger partial charge >= 0.3 is 11.9 Å². The summed E-state index contributed by atoms with van der Waals surface area (Å²) < 4.78 is 0. The zero-order valence-electron chi connectivity index (χ0n) is 13.5. The number of anilines is 1. The van der Waals surface area contributed by atoms with Gasteiger partial charge in [-0.05, 0) is 37.1 Å². The number of rotatable bonds is 10. The Morgan fingerprint density at radius 2 is 1.76 bits per heavy atom. The first-order valence-corrected chi connectivity index (χ1v) is 7.64. The fourth-order valence-corrected chi connectivity index (χ4v) is 1.89. The summed E-state index contributed by atoms with van der Waals surface area (Å²) in [5, 5.41) is 31.7. The Kier molecular flexibility index (Phi) is 8.23. The molecule has 0 aliphatic heterocycles. The topological polar surface area (TPSA) is 140 Å². The number of unbranched alkanes of at least 4 members (excludes halogenated alkanes) is 2. The number of benzene rings is 1. The van der Waals surface area contributed by atoms with Crippen LogP contribution >= 0.6 is 0 Å². The number of aliphatic carboxylic acids is 1. The predicted molar refractivity (Wildman–Crippen MR) is 89.8 cm³/mol. The molecule has 0 radical (unpaired) electrons. The number of hydrogen-bond acceptors (Lipinski definition) is 5. The molecule has 1 amide bonds. The van der Waals surface area contributed by atoms with Crippen LogP contribution in [0.25, 0.3) is 0 Å². The molecule has 132 valence electrons. The Morgan fingerprint density at radius 3 is 2.32 bits per heavy atom. The molecule has 0 fully saturated rings. The third kappa shape index (κ3) is 7.65.